The number of carbonyl (C=O) groups excluding carboxylic acids is 2. The second kappa shape index (κ2) is 14.9. The third-order valence-corrected chi connectivity index (χ3v) is 4.97. The molecule has 35 heavy (non-hydrogen) atoms. The first kappa shape index (κ1) is 27.2. The lowest BCUT2D eigenvalue weighted by Crippen LogP contribution is -2.18. The average Bonchev–Trinajstić information content (AvgIpc) is 2.88. The number of rotatable bonds is 14. The molecule has 188 valence electrons. The Morgan fingerprint density at radius 1 is 0.686 bits per heavy atom. The number of amides is 2. The number of nitrogens with zero attached hydrogens (tertiary/aromatic N) is 2. The summed E-state index contributed by atoms with van der Waals surface area (Å²) in [5.41, 5.74) is 6.43. The second-order valence-electron chi connectivity index (χ2n) is 7.36. The van der Waals surface area contributed by atoms with Gasteiger partial charge in [-0.2, -0.15) is 10.2 Å². The van der Waals surface area contributed by atoms with Gasteiger partial charge in [-0.15, -0.1) is 0 Å². The van der Waals surface area contributed by atoms with Gasteiger partial charge in [0.2, 0.25) is 11.8 Å². The fourth-order valence-electron chi connectivity index (χ4n) is 3.06. The van der Waals surface area contributed by atoms with Crippen molar-refractivity contribution in [2.75, 3.05) is 28.4 Å². The molecule has 2 rings (SSSR count). The molecule has 0 saturated heterocycles. The highest BCUT2D eigenvalue weighted by Gasteiger charge is 2.06. The van der Waals surface area contributed by atoms with E-state index in [1.54, 1.807) is 64.8 Å². The summed E-state index contributed by atoms with van der Waals surface area (Å²) in [6, 6.07) is 10.6. The summed E-state index contributed by atoms with van der Waals surface area (Å²) in [5.74, 6) is 2.12. The van der Waals surface area contributed by atoms with E-state index in [-0.39, 0.29) is 11.8 Å². The molecule has 0 radical (unpaired) electrons. The summed E-state index contributed by atoms with van der Waals surface area (Å²) in [6.45, 7) is 0. The van der Waals surface area contributed by atoms with Gasteiger partial charge in [0.1, 0.15) is 23.0 Å². The summed E-state index contributed by atoms with van der Waals surface area (Å²) < 4.78 is 20.9. The number of hydrogen-bond acceptors (Lipinski definition) is 8. The molecule has 10 nitrogen and oxygen atoms in total. The van der Waals surface area contributed by atoms with E-state index < -0.39 is 0 Å². The third kappa shape index (κ3) is 9.36. The molecule has 0 unspecified atom stereocenters. The van der Waals surface area contributed by atoms with E-state index in [1.165, 1.54) is 12.4 Å². The molecule has 0 aromatic heterocycles. The highest BCUT2D eigenvalue weighted by molar-refractivity contribution is 5.86. The number of hydrogen-bond donors (Lipinski definition) is 2. The van der Waals surface area contributed by atoms with Gasteiger partial charge < -0.3 is 18.9 Å². The van der Waals surface area contributed by atoms with E-state index in [0.717, 1.165) is 6.42 Å². The molecule has 2 aromatic rings. The Hall–Kier alpha value is -4.08. The van der Waals surface area contributed by atoms with Crippen LogP contribution in [0.1, 0.15) is 43.2 Å². The molecule has 0 aliphatic heterocycles. The maximum absolute atomic E-state index is 12.0. The Morgan fingerprint density at radius 3 is 1.49 bits per heavy atom. The Kier molecular flexibility index (Phi) is 11.6. The van der Waals surface area contributed by atoms with E-state index in [0.29, 0.717) is 59.8 Å². The molecule has 0 heterocycles. The lowest BCUT2D eigenvalue weighted by Gasteiger charge is -2.07. The van der Waals surface area contributed by atoms with Crippen LogP contribution in [-0.2, 0) is 9.59 Å². The van der Waals surface area contributed by atoms with Crippen LogP contribution in [0.2, 0.25) is 0 Å². The second-order valence-corrected chi connectivity index (χ2v) is 7.36. The Morgan fingerprint density at radius 2 is 1.11 bits per heavy atom. The van der Waals surface area contributed by atoms with E-state index in [9.17, 15) is 9.59 Å². The maximum atomic E-state index is 12.0. The summed E-state index contributed by atoms with van der Waals surface area (Å²) in [7, 11) is 6.25. The van der Waals surface area contributed by atoms with E-state index in [2.05, 4.69) is 21.1 Å². The van der Waals surface area contributed by atoms with Gasteiger partial charge in [-0.25, -0.2) is 10.9 Å². The van der Waals surface area contributed by atoms with Crippen molar-refractivity contribution in [3.05, 3.63) is 47.5 Å². The third-order valence-electron chi connectivity index (χ3n) is 4.97. The molecular formula is C25H32N4O6. The smallest absolute Gasteiger partial charge is 0.240 e. The van der Waals surface area contributed by atoms with Gasteiger partial charge in [-0.3, -0.25) is 9.59 Å². The number of carbonyl (C=O) groups is 2. The number of hydrazone groups is 2. The molecule has 2 amide bonds. The van der Waals surface area contributed by atoms with Gasteiger partial charge in [0.25, 0.3) is 0 Å². The molecular weight excluding hydrogens is 452 g/mol. The van der Waals surface area contributed by atoms with Crippen LogP contribution in [0.3, 0.4) is 0 Å². The SMILES string of the molecule is COc1ccc(C=NNC(=O)CCCCCC(=O)NN=Cc2ccc(OC)cc2OC)c(OC)c1. The zero-order valence-corrected chi connectivity index (χ0v) is 20.5. The predicted octanol–water partition coefficient (Wildman–Crippen LogP) is 3.27. The average molecular weight is 485 g/mol. The molecule has 0 aliphatic carbocycles. The van der Waals surface area contributed by atoms with Crippen molar-refractivity contribution in [1.29, 1.82) is 0 Å². The fraction of sp³-hybridized carbons (Fsp3) is 0.360. The van der Waals surface area contributed by atoms with Crippen LogP contribution < -0.4 is 29.8 Å². The normalized spacial score (nSPS) is 10.9. The van der Waals surface area contributed by atoms with Gasteiger partial charge in [-0.1, -0.05) is 6.42 Å². The van der Waals surface area contributed by atoms with Gasteiger partial charge in [0, 0.05) is 36.1 Å². The molecule has 10 heteroatoms. The molecule has 0 spiro atoms. The maximum Gasteiger partial charge on any atom is 0.240 e. The number of methoxy groups -OCH3 is 4. The molecule has 0 atom stereocenters. The highest BCUT2D eigenvalue weighted by atomic mass is 16.5. The lowest BCUT2D eigenvalue weighted by molar-refractivity contribution is -0.121. The Bertz CT molecular complexity index is 957. The summed E-state index contributed by atoms with van der Waals surface area (Å²) in [5, 5.41) is 7.94. The van der Waals surface area contributed by atoms with Crippen molar-refractivity contribution >= 4 is 24.2 Å². The molecule has 0 aliphatic rings. The van der Waals surface area contributed by atoms with Crippen LogP contribution in [0.5, 0.6) is 23.0 Å². The number of benzene rings is 2. The Balaban J connectivity index is 1.64. The summed E-state index contributed by atoms with van der Waals surface area (Å²) in [4.78, 5) is 23.9. The molecule has 2 N–H and O–H groups in total. The summed E-state index contributed by atoms with van der Waals surface area (Å²) in [6.07, 6.45) is 5.68. The minimum absolute atomic E-state index is 0.198. The largest absolute Gasteiger partial charge is 0.497 e. The quantitative estimate of drug-likeness (QED) is 0.241. The first-order chi connectivity index (χ1) is 17.0. The van der Waals surface area contributed by atoms with Crippen molar-refractivity contribution in [3.8, 4) is 23.0 Å². The molecule has 0 fully saturated rings. The monoisotopic (exact) mass is 484 g/mol. The van der Waals surface area contributed by atoms with Gasteiger partial charge in [-0.05, 0) is 37.1 Å². The highest BCUT2D eigenvalue weighted by Crippen LogP contribution is 2.23. The van der Waals surface area contributed by atoms with Crippen LogP contribution in [-0.4, -0.2) is 52.7 Å². The van der Waals surface area contributed by atoms with E-state index in [1.807, 2.05) is 0 Å². The fourth-order valence-corrected chi connectivity index (χ4v) is 3.06. The van der Waals surface area contributed by atoms with Crippen LogP contribution in [0.25, 0.3) is 0 Å². The Labute approximate surface area is 205 Å². The number of nitrogens with one attached hydrogen (secondary N) is 2. The number of unbranched alkanes of at least 4 members (excludes halogenated alkanes) is 2. The van der Waals surface area contributed by atoms with Crippen molar-refractivity contribution in [2.45, 2.75) is 32.1 Å². The predicted molar refractivity (Wildman–Crippen MR) is 134 cm³/mol. The van der Waals surface area contributed by atoms with Crippen molar-refractivity contribution < 1.29 is 28.5 Å². The van der Waals surface area contributed by atoms with Crippen LogP contribution >= 0.6 is 0 Å². The summed E-state index contributed by atoms with van der Waals surface area (Å²) >= 11 is 0. The lowest BCUT2D eigenvalue weighted by atomic mass is 10.1. The van der Waals surface area contributed by atoms with Crippen LogP contribution in [0, 0.1) is 0 Å². The molecule has 0 bridgehead atoms. The topological polar surface area (TPSA) is 120 Å². The van der Waals surface area contributed by atoms with Crippen molar-refractivity contribution in [3.63, 3.8) is 0 Å². The van der Waals surface area contributed by atoms with Crippen LogP contribution in [0.15, 0.2) is 46.6 Å². The first-order valence-corrected chi connectivity index (χ1v) is 11.1. The van der Waals surface area contributed by atoms with Crippen molar-refractivity contribution in [2.24, 2.45) is 10.2 Å². The molecule has 0 saturated carbocycles. The van der Waals surface area contributed by atoms with Gasteiger partial charge in [0.05, 0.1) is 40.9 Å². The van der Waals surface area contributed by atoms with E-state index >= 15 is 0 Å². The first-order valence-electron chi connectivity index (χ1n) is 11.1. The van der Waals surface area contributed by atoms with Crippen molar-refractivity contribution in [1.82, 2.24) is 10.9 Å². The standard InChI is InChI=1S/C25H32N4O6/c1-32-20-12-10-18(22(14-20)34-3)16-26-28-24(30)8-6-5-7-9-25(31)29-27-17-19-11-13-21(33-2)15-23(19)35-4/h10-17H,5-9H2,1-4H3,(H,28,30)(H,29,31). The minimum Gasteiger partial charge on any atom is -0.497 e. The molecule has 2 aromatic carbocycles. The minimum atomic E-state index is -0.198. The van der Waals surface area contributed by atoms with Gasteiger partial charge in [0.15, 0.2) is 0 Å². The zero-order valence-electron chi connectivity index (χ0n) is 20.5. The number of ether oxygens (including phenoxy) is 4. The van der Waals surface area contributed by atoms with Crippen LogP contribution in [0.4, 0.5) is 0 Å². The van der Waals surface area contributed by atoms with Gasteiger partial charge >= 0.3 is 0 Å². The van der Waals surface area contributed by atoms with E-state index in [4.69, 9.17) is 18.9 Å². The zero-order chi connectivity index (χ0) is 25.5.